The van der Waals surface area contributed by atoms with Crippen molar-refractivity contribution >= 4 is 0 Å². The molecule has 1 nitrogen and oxygen atoms in total. The summed E-state index contributed by atoms with van der Waals surface area (Å²) in [6.45, 7) is 9.18. The molecule has 1 N–H and O–H groups in total. The molecule has 13 heavy (non-hydrogen) atoms. The Kier molecular flexibility index (Phi) is 3.98. The van der Waals surface area contributed by atoms with Crippen LogP contribution in [0.15, 0.2) is 12.2 Å². The van der Waals surface area contributed by atoms with E-state index in [1.807, 2.05) is 0 Å². The van der Waals surface area contributed by atoms with Gasteiger partial charge in [0.1, 0.15) is 0 Å². The molecule has 0 aromatic carbocycles. The van der Waals surface area contributed by atoms with E-state index in [2.05, 4.69) is 45.2 Å². The zero-order chi connectivity index (χ0) is 9.84. The predicted octanol–water partition coefficient (Wildman–Crippen LogP) is 2.98. The maximum absolute atomic E-state index is 3.72. The first kappa shape index (κ1) is 10.8. The average Bonchev–Trinajstić information content (AvgIpc) is 2.17. The first-order chi connectivity index (χ1) is 6.15. The second kappa shape index (κ2) is 4.80. The Balaban J connectivity index is 2.51. The van der Waals surface area contributed by atoms with Gasteiger partial charge in [-0.3, -0.25) is 0 Å². The minimum atomic E-state index is 0.603. The van der Waals surface area contributed by atoms with Gasteiger partial charge in [0.2, 0.25) is 0 Å². The maximum atomic E-state index is 3.72. The summed E-state index contributed by atoms with van der Waals surface area (Å²) in [6.07, 6.45) is 7.14. The van der Waals surface area contributed by atoms with Gasteiger partial charge >= 0.3 is 0 Å². The van der Waals surface area contributed by atoms with Gasteiger partial charge in [-0.2, -0.15) is 0 Å². The standard InChI is InChI=1S/C12H23N/c1-5-10(4)12-8-6-7-11(13-12)9(2)3/h6,8-13H,5,7H2,1-4H3. The van der Waals surface area contributed by atoms with E-state index < -0.39 is 0 Å². The van der Waals surface area contributed by atoms with Crippen LogP contribution in [0.25, 0.3) is 0 Å². The van der Waals surface area contributed by atoms with Crippen LogP contribution in [0.3, 0.4) is 0 Å². The van der Waals surface area contributed by atoms with Gasteiger partial charge in [-0.05, 0) is 18.3 Å². The third kappa shape index (κ3) is 2.84. The van der Waals surface area contributed by atoms with E-state index in [4.69, 9.17) is 0 Å². The lowest BCUT2D eigenvalue weighted by Crippen LogP contribution is -2.45. The van der Waals surface area contributed by atoms with Crippen molar-refractivity contribution in [2.24, 2.45) is 11.8 Å². The summed E-state index contributed by atoms with van der Waals surface area (Å²) < 4.78 is 0. The molecular formula is C12H23N. The molecule has 0 aromatic heterocycles. The molecule has 1 heterocycles. The van der Waals surface area contributed by atoms with Gasteiger partial charge in [-0.15, -0.1) is 0 Å². The predicted molar refractivity (Wildman–Crippen MR) is 58.8 cm³/mol. The average molecular weight is 181 g/mol. The third-order valence-corrected chi connectivity index (χ3v) is 3.20. The SMILES string of the molecule is CCC(C)C1C=CCC(C(C)C)N1. The summed E-state index contributed by atoms with van der Waals surface area (Å²) in [5, 5.41) is 3.72. The molecule has 3 atom stereocenters. The molecule has 0 aliphatic carbocycles. The molecule has 0 aromatic rings. The third-order valence-electron chi connectivity index (χ3n) is 3.20. The molecule has 0 saturated carbocycles. The summed E-state index contributed by atoms with van der Waals surface area (Å²) in [4.78, 5) is 0. The molecule has 0 radical (unpaired) electrons. The molecule has 1 rings (SSSR count). The molecule has 0 spiro atoms. The fourth-order valence-electron chi connectivity index (χ4n) is 1.82. The van der Waals surface area contributed by atoms with Crippen molar-refractivity contribution < 1.29 is 0 Å². The molecule has 0 saturated heterocycles. The van der Waals surface area contributed by atoms with Crippen LogP contribution >= 0.6 is 0 Å². The van der Waals surface area contributed by atoms with Crippen molar-refractivity contribution in [1.29, 1.82) is 0 Å². The van der Waals surface area contributed by atoms with Crippen molar-refractivity contribution in [1.82, 2.24) is 5.32 Å². The zero-order valence-corrected chi connectivity index (χ0v) is 9.38. The Bertz CT molecular complexity index is 172. The lowest BCUT2D eigenvalue weighted by Gasteiger charge is -2.32. The Labute approximate surface area is 82.6 Å². The Morgan fingerprint density at radius 1 is 1.38 bits per heavy atom. The van der Waals surface area contributed by atoms with Gasteiger partial charge < -0.3 is 5.32 Å². The van der Waals surface area contributed by atoms with E-state index in [1.54, 1.807) is 0 Å². The van der Waals surface area contributed by atoms with Crippen LogP contribution in [-0.4, -0.2) is 12.1 Å². The molecule has 1 heteroatoms. The molecule has 0 fully saturated rings. The highest BCUT2D eigenvalue weighted by Gasteiger charge is 2.22. The number of hydrogen-bond donors (Lipinski definition) is 1. The lowest BCUT2D eigenvalue weighted by atomic mass is 9.90. The van der Waals surface area contributed by atoms with Crippen LogP contribution in [0.5, 0.6) is 0 Å². The number of rotatable bonds is 3. The molecule has 0 amide bonds. The van der Waals surface area contributed by atoms with E-state index in [1.165, 1.54) is 12.8 Å². The summed E-state index contributed by atoms with van der Waals surface area (Å²) in [7, 11) is 0. The van der Waals surface area contributed by atoms with Crippen LogP contribution in [-0.2, 0) is 0 Å². The Morgan fingerprint density at radius 2 is 2.08 bits per heavy atom. The first-order valence-corrected chi connectivity index (χ1v) is 5.57. The normalized spacial score (nSPS) is 30.8. The highest BCUT2D eigenvalue weighted by atomic mass is 15.0. The van der Waals surface area contributed by atoms with Crippen LogP contribution in [0.1, 0.15) is 40.5 Å². The van der Waals surface area contributed by atoms with Crippen molar-refractivity contribution in [2.75, 3.05) is 0 Å². The largest absolute Gasteiger partial charge is 0.307 e. The van der Waals surface area contributed by atoms with Gasteiger partial charge in [0.05, 0.1) is 0 Å². The molecular weight excluding hydrogens is 158 g/mol. The van der Waals surface area contributed by atoms with Crippen molar-refractivity contribution in [2.45, 2.75) is 52.6 Å². The van der Waals surface area contributed by atoms with Crippen molar-refractivity contribution in [3.8, 4) is 0 Å². The number of hydrogen-bond acceptors (Lipinski definition) is 1. The van der Waals surface area contributed by atoms with E-state index in [9.17, 15) is 0 Å². The van der Waals surface area contributed by atoms with Crippen molar-refractivity contribution in [3.63, 3.8) is 0 Å². The Morgan fingerprint density at radius 3 is 2.62 bits per heavy atom. The van der Waals surface area contributed by atoms with E-state index in [-0.39, 0.29) is 0 Å². The molecule has 76 valence electrons. The summed E-state index contributed by atoms with van der Waals surface area (Å²) in [5.74, 6) is 1.51. The summed E-state index contributed by atoms with van der Waals surface area (Å²) in [5.41, 5.74) is 0. The summed E-state index contributed by atoms with van der Waals surface area (Å²) in [6, 6.07) is 1.29. The van der Waals surface area contributed by atoms with E-state index in [0.717, 1.165) is 11.8 Å². The second-order valence-electron chi connectivity index (χ2n) is 4.59. The van der Waals surface area contributed by atoms with Crippen LogP contribution in [0.4, 0.5) is 0 Å². The van der Waals surface area contributed by atoms with Gasteiger partial charge in [0.25, 0.3) is 0 Å². The van der Waals surface area contributed by atoms with Gasteiger partial charge in [0, 0.05) is 12.1 Å². The number of nitrogens with one attached hydrogen (secondary N) is 1. The van der Waals surface area contributed by atoms with E-state index >= 15 is 0 Å². The minimum Gasteiger partial charge on any atom is -0.307 e. The molecule has 3 unspecified atom stereocenters. The highest BCUT2D eigenvalue weighted by molar-refractivity contribution is 5.03. The lowest BCUT2D eigenvalue weighted by molar-refractivity contribution is 0.312. The van der Waals surface area contributed by atoms with Crippen LogP contribution in [0.2, 0.25) is 0 Å². The topological polar surface area (TPSA) is 12.0 Å². The second-order valence-corrected chi connectivity index (χ2v) is 4.59. The van der Waals surface area contributed by atoms with Crippen molar-refractivity contribution in [3.05, 3.63) is 12.2 Å². The highest BCUT2D eigenvalue weighted by Crippen LogP contribution is 2.18. The van der Waals surface area contributed by atoms with Gasteiger partial charge in [0.15, 0.2) is 0 Å². The smallest absolute Gasteiger partial charge is 0.0278 e. The fraction of sp³-hybridized carbons (Fsp3) is 0.833. The van der Waals surface area contributed by atoms with Crippen LogP contribution in [0, 0.1) is 11.8 Å². The maximum Gasteiger partial charge on any atom is 0.0278 e. The zero-order valence-electron chi connectivity index (χ0n) is 9.38. The van der Waals surface area contributed by atoms with E-state index in [0.29, 0.717) is 12.1 Å². The molecule has 0 bridgehead atoms. The summed E-state index contributed by atoms with van der Waals surface area (Å²) >= 11 is 0. The molecule has 1 aliphatic rings. The molecule has 1 aliphatic heterocycles. The first-order valence-electron chi connectivity index (χ1n) is 5.57. The van der Waals surface area contributed by atoms with Gasteiger partial charge in [-0.25, -0.2) is 0 Å². The fourth-order valence-corrected chi connectivity index (χ4v) is 1.82. The quantitative estimate of drug-likeness (QED) is 0.660. The van der Waals surface area contributed by atoms with Crippen LogP contribution < -0.4 is 5.32 Å². The monoisotopic (exact) mass is 181 g/mol. The Hall–Kier alpha value is -0.300. The minimum absolute atomic E-state index is 0.603. The van der Waals surface area contributed by atoms with Gasteiger partial charge in [-0.1, -0.05) is 46.3 Å².